The Labute approximate surface area is 381 Å². The molecule has 2 atom stereocenters. The molecule has 15 rings (SSSR count). The molecule has 0 radical (unpaired) electrons. The van der Waals surface area contributed by atoms with Gasteiger partial charge in [0.25, 0.3) is 0 Å². The fourth-order valence-electron chi connectivity index (χ4n) is 12.7. The van der Waals surface area contributed by atoms with Crippen molar-refractivity contribution in [3.8, 4) is 44.9 Å². The highest BCUT2D eigenvalue weighted by Crippen LogP contribution is 2.65. The van der Waals surface area contributed by atoms with Gasteiger partial charge in [-0.1, -0.05) is 188 Å². The summed E-state index contributed by atoms with van der Waals surface area (Å²) in [6, 6.07) is 80.0. The van der Waals surface area contributed by atoms with E-state index in [-0.39, 0.29) is 0 Å². The van der Waals surface area contributed by atoms with Crippen LogP contribution in [0.4, 0.5) is 0 Å². The largest absolute Gasteiger partial charge is 0.457 e. The summed E-state index contributed by atoms with van der Waals surface area (Å²) < 4.78 is 30.2. The van der Waals surface area contributed by atoms with Crippen molar-refractivity contribution in [3.05, 3.63) is 269 Å². The molecule has 4 aliphatic rings. The number of furan rings is 1. The highest BCUT2D eigenvalue weighted by Gasteiger charge is 2.55. The Kier molecular flexibility index (Phi) is 7.08. The Morgan fingerprint density at radius 3 is 1.61 bits per heavy atom. The van der Waals surface area contributed by atoms with E-state index in [1.165, 1.54) is 44.5 Å². The van der Waals surface area contributed by atoms with Gasteiger partial charge in [-0.25, -0.2) is 0 Å². The molecule has 11 aromatic rings. The van der Waals surface area contributed by atoms with Gasteiger partial charge in [0.15, 0.2) is 7.14 Å². The van der Waals surface area contributed by atoms with Crippen LogP contribution in [0, 0.1) is 0 Å². The summed E-state index contributed by atoms with van der Waals surface area (Å²) >= 11 is 0. The molecule has 2 spiro atoms. The molecule has 2 aliphatic heterocycles. The topological polar surface area (TPSA) is 39.4 Å². The van der Waals surface area contributed by atoms with E-state index in [1.807, 2.05) is 54.6 Å². The van der Waals surface area contributed by atoms with Gasteiger partial charge in [-0.3, -0.25) is 0 Å². The molecule has 2 unspecified atom stereocenters. The van der Waals surface area contributed by atoms with Crippen molar-refractivity contribution in [1.29, 1.82) is 0 Å². The molecular weight excluding hydrogens is 824 g/mol. The number of fused-ring (bicyclic) bond motifs is 21. The predicted octanol–water partition coefficient (Wildman–Crippen LogP) is 14.0. The maximum Gasteiger partial charge on any atom is 0.171 e. The second-order valence-corrected chi connectivity index (χ2v) is 20.8. The smallest absolute Gasteiger partial charge is 0.171 e. The number of ether oxygens (including phenoxy) is 1. The Balaban J connectivity index is 0.987. The monoisotopic (exact) mass is 860 g/mol. The number of hydrogen-bond donors (Lipinski definition) is 0. The zero-order chi connectivity index (χ0) is 43.4. The molecule has 0 saturated carbocycles. The van der Waals surface area contributed by atoms with E-state index < -0.39 is 18.0 Å². The Hall–Kier alpha value is -7.97. The van der Waals surface area contributed by atoms with Crippen molar-refractivity contribution in [2.75, 3.05) is 0 Å². The van der Waals surface area contributed by atoms with Crippen LogP contribution in [0.3, 0.4) is 0 Å². The highest BCUT2D eigenvalue weighted by atomic mass is 31.2. The second kappa shape index (κ2) is 12.9. The van der Waals surface area contributed by atoms with Crippen molar-refractivity contribution in [1.82, 2.24) is 0 Å². The SMILES string of the molecule is O=P1(c2ccccc2)c2ccccc2C2(c3ccccc3Oc3cc(-c4ccc5c(c4)-c4ccccc4C54c5ccccc5-c5ccccc54)ccc32)c2cc3c(cc21)oc1ccccc13. The zero-order valence-corrected chi connectivity index (χ0v) is 36.4. The number of rotatable bonds is 2. The highest BCUT2D eigenvalue weighted by molar-refractivity contribution is 7.85. The summed E-state index contributed by atoms with van der Waals surface area (Å²) in [5.74, 6) is 1.55. The van der Waals surface area contributed by atoms with E-state index in [2.05, 4.69) is 170 Å². The summed E-state index contributed by atoms with van der Waals surface area (Å²) in [5.41, 5.74) is 16.8. The molecule has 308 valence electrons. The number of hydrogen-bond acceptors (Lipinski definition) is 3. The Bertz CT molecular complexity index is 3930. The Morgan fingerprint density at radius 1 is 0.333 bits per heavy atom. The fraction of sp³-hybridized carbons (Fsp3) is 0.0323. The van der Waals surface area contributed by atoms with Crippen LogP contribution in [-0.4, -0.2) is 0 Å². The van der Waals surface area contributed by atoms with Crippen LogP contribution in [0.1, 0.15) is 44.5 Å². The summed E-state index contributed by atoms with van der Waals surface area (Å²) in [5, 5.41) is 4.43. The van der Waals surface area contributed by atoms with E-state index in [0.29, 0.717) is 0 Å². The van der Waals surface area contributed by atoms with E-state index in [0.717, 1.165) is 82.7 Å². The molecule has 10 aromatic carbocycles. The minimum absolute atomic E-state index is 0.403. The third-order valence-corrected chi connectivity index (χ3v) is 18.4. The third-order valence-electron chi connectivity index (χ3n) is 15.2. The van der Waals surface area contributed by atoms with Crippen LogP contribution in [-0.2, 0) is 15.4 Å². The standard InChI is InChI=1S/C62H37O3P/c63-66(40-16-2-1-3-17-40)59-29-15-12-26-53(59)62(54-36-46-44-21-7-13-27-55(44)64-57(46)37-60(54)66)51-25-11-14-28-56(51)65-58-35-39(31-33-52(58)62)38-30-32-50-45(34-38)43-20-6-10-24-49(43)61(50)47-22-8-4-18-41(47)42-19-5-9-23-48(42)61/h1-37H. The first-order valence-electron chi connectivity index (χ1n) is 22.7. The lowest BCUT2D eigenvalue weighted by Gasteiger charge is -2.47. The lowest BCUT2D eigenvalue weighted by atomic mass is 9.63. The molecule has 2 aliphatic carbocycles. The van der Waals surface area contributed by atoms with Crippen molar-refractivity contribution < 1.29 is 13.7 Å². The first kappa shape index (κ1) is 36.4. The van der Waals surface area contributed by atoms with E-state index >= 15 is 4.57 Å². The minimum atomic E-state index is -3.46. The lowest BCUT2D eigenvalue weighted by Crippen LogP contribution is -2.47. The van der Waals surface area contributed by atoms with Crippen LogP contribution in [0.2, 0.25) is 0 Å². The van der Waals surface area contributed by atoms with Gasteiger partial charge >= 0.3 is 0 Å². The van der Waals surface area contributed by atoms with Crippen LogP contribution >= 0.6 is 7.14 Å². The summed E-state index contributed by atoms with van der Waals surface area (Å²) in [4.78, 5) is 0. The van der Waals surface area contributed by atoms with Crippen molar-refractivity contribution in [2.24, 2.45) is 0 Å². The first-order valence-corrected chi connectivity index (χ1v) is 24.4. The molecule has 3 heterocycles. The van der Waals surface area contributed by atoms with Crippen molar-refractivity contribution in [2.45, 2.75) is 10.8 Å². The fourth-order valence-corrected chi connectivity index (χ4v) is 15.8. The lowest BCUT2D eigenvalue weighted by molar-refractivity contribution is 0.435. The Morgan fingerprint density at radius 2 is 0.864 bits per heavy atom. The normalized spacial score (nSPS) is 18.4. The second-order valence-electron chi connectivity index (χ2n) is 18.1. The molecule has 0 amide bonds. The van der Waals surface area contributed by atoms with Crippen LogP contribution in [0.5, 0.6) is 11.5 Å². The zero-order valence-electron chi connectivity index (χ0n) is 35.5. The van der Waals surface area contributed by atoms with Gasteiger partial charge in [0.1, 0.15) is 22.7 Å². The van der Waals surface area contributed by atoms with Gasteiger partial charge in [-0.05, 0) is 103 Å². The van der Waals surface area contributed by atoms with Crippen LogP contribution < -0.4 is 20.7 Å². The quantitative estimate of drug-likeness (QED) is 0.163. The minimum Gasteiger partial charge on any atom is -0.457 e. The van der Waals surface area contributed by atoms with Gasteiger partial charge in [0, 0.05) is 37.8 Å². The van der Waals surface area contributed by atoms with Crippen LogP contribution in [0.25, 0.3) is 55.3 Å². The van der Waals surface area contributed by atoms with Crippen LogP contribution in [0.15, 0.2) is 229 Å². The maximum atomic E-state index is 16.6. The van der Waals surface area contributed by atoms with Gasteiger partial charge in [0.2, 0.25) is 0 Å². The molecule has 66 heavy (non-hydrogen) atoms. The predicted molar refractivity (Wildman–Crippen MR) is 267 cm³/mol. The summed E-state index contributed by atoms with van der Waals surface area (Å²) in [7, 11) is -3.46. The molecule has 1 aromatic heterocycles. The molecule has 4 heteroatoms. The average Bonchev–Trinajstić information content (AvgIpc) is 4.01. The maximum absolute atomic E-state index is 16.6. The number of para-hydroxylation sites is 2. The molecule has 0 bridgehead atoms. The summed E-state index contributed by atoms with van der Waals surface area (Å²) in [6.45, 7) is 0. The van der Waals surface area contributed by atoms with Gasteiger partial charge < -0.3 is 13.7 Å². The van der Waals surface area contributed by atoms with Crippen molar-refractivity contribution >= 4 is 45.0 Å². The number of benzene rings is 10. The van der Waals surface area contributed by atoms with E-state index in [4.69, 9.17) is 9.15 Å². The van der Waals surface area contributed by atoms with Gasteiger partial charge in [-0.2, -0.15) is 0 Å². The first-order chi connectivity index (χ1) is 32.6. The van der Waals surface area contributed by atoms with Gasteiger partial charge in [-0.15, -0.1) is 0 Å². The third kappa shape index (κ3) is 4.33. The average molecular weight is 861 g/mol. The molecular formula is C62H37O3P. The van der Waals surface area contributed by atoms with E-state index in [1.54, 1.807) is 0 Å². The molecule has 0 saturated heterocycles. The molecule has 0 N–H and O–H groups in total. The summed E-state index contributed by atoms with van der Waals surface area (Å²) in [6.07, 6.45) is 0. The van der Waals surface area contributed by atoms with Gasteiger partial charge in [0.05, 0.1) is 10.8 Å². The molecule has 3 nitrogen and oxygen atoms in total. The van der Waals surface area contributed by atoms with E-state index in [9.17, 15) is 0 Å². The molecule has 0 fully saturated rings. The van der Waals surface area contributed by atoms with Crippen molar-refractivity contribution in [3.63, 3.8) is 0 Å².